The highest BCUT2D eigenvalue weighted by molar-refractivity contribution is 5.71. The van der Waals surface area contributed by atoms with Gasteiger partial charge in [-0.3, -0.25) is 14.4 Å². The van der Waals surface area contributed by atoms with Crippen LogP contribution >= 0.6 is 0 Å². The Labute approximate surface area is 444 Å². The monoisotopic (exact) mass is 999 g/mol. The zero-order valence-corrected chi connectivity index (χ0v) is 46.9. The molecule has 0 saturated carbocycles. The molecule has 0 aromatic rings. The van der Waals surface area contributed by atoms with Gasteiger partial charge < -0.3 is 14.2 Å². The van der Waals surface area contributed by atoms with E-state index in [9.17, 15) is 14.4 Å². The van der Waals surface area contributed by atoms with Gasteiger partial charge in [0.25, 0.3) is 0 Å². The van der Waals surface area contributed by atoms with Crippen molar-refractivity contribution in [3.63, 3.8) is 0 Å². The highest BCUT2D eigenvalue weighted by Gasteiger charge is 2.19. The summed E-state index contributed by atoms with van der Waals surface area (Å²) in [5.74, 6) is -0.983. The van der Waals surface area contributed by atoms with Crippen LogP contribution in [0.25, 0.3) is 0 Å². The Morgan fingerprint density at radius 1 is 0.292 bits per heavy atom. The van der Waals surface area contributed by atoms with Gasteiger partial charge in [-0.05, 0) is 89.9 Å². The number of rotatable bonds is 53. The van der Waals surface area contributed by atoms with Gasteiger partial charge in [-0.25, -0.2) is 0 Å². The maximum absolute atomic E-state index is 12.8. The third kappa shape index (κ3) is 57.0. The maximum Gasteiger partial charge on any atom is 0.306 e. The minimum absolute atomic E-state index is 0.100. The molecule has 410 valence electrons. The number of esters is 3. The van der Waals surface area contributed by atoms with Gasteiger partial charge >= 0.3 is 17.9 Å². The molecule has 1 unspecified atom stereocenters. The van der Waals surface area contributed by atoms with E-state index in [0.29, 0.717) is 19.3 Å². The standard InChI is InChI=1S/C66H110O6/c1-4-7-10-13-16-19-22-25-27-28-29-30-31-32-33-34-35-36-37-38-39-42-44-47-50-53-56-59-65(68)71-62-63(61-70-64(67)58-55-52-49-46-43-40-24-21-18-15-12-9-6-3)72-66(69)60-57-54-51-48-45-41-26-23-20-17-14-11-8-5-2/h7,9-10,12,16,18-19,21,25,27,29-30,32-33,40,43,49,52,63H,4-6,8,11,13-15,17,20,22-24,26,28,31,34-39,41-42,44-48,50-51,53-62H2,1-3H3/b10-7-,12-9-,19-16-,21-18-,27-25-,30-29-,33-32-,43-40-,52-49-. The first-order valence-electron chi connectivity index (χ1n) is 29.9. The van der Waals surface area contributed by atoms with Crippen LogP contribution < -0.4 is 0 Å². The molecule has 0 saturated heterocycles. The van der Waals surface area contributed by atoms with E-state index < -0.39 is 6.10 Å². The van der Waals surface area contributed by atoms with Crippen LogP contribution in [0.2, 0.25) is 0 Å². The number of hydrogen-bond donors (Lipinski definition) is 0. The van der Waals surface area contributed by atoms with Crippen LogP contribution in [0.3, 0.4) is 0 Å². The van der Waals surface area contributed by atoms with E-state index in [1.807, 2.05) is 6.08 Å². The van der Waals surface area contributed by atoms with Crippen LogP contribution in [0.15, 0.2) is 109 Å². The summed E-state index contributed by atoms with van der Waals surface area (Å²) in [6.07, 6.45) is 81.0. The minimum Gasteiger partial charge on any atom is -0.462 e. The number of ether oxygens (including phenoxy) is 3. The first-order valence-corrected chi connectivity index (χ1v) is 29.9. The average molecular weight is 1000 g/mol. The summed E-state index contributed by atoms with van der Waals surface area (Å²) in [7, 11) is 0. The van der Waals surface area contributed by atoms with Crippen LogP contribution in [0, 0.1) is 0 Å². The number of carbonyl (C=O) groups is 3. The predicted molar refractivity (Wildman–Crippen MR) is 311 cm³/mol. The third-order valence-electron chi connectivity index (χ3n) is 12.5. The Hall–Kier alpha value is -3.93. The van der Waals surface area contributed by atoms with Crippen LogP contribution in [0.4, 0.5) is 0 Å². The summed E-state index contributed by atoms with van der Waals surface area (Å²) in [5.41, 5.74) is 0. The Kier molecular flexibility index (Phi) is 56.4. The number of hydrogen-bond acceptors (Lipinski definition) is 6. The lowest BCUT2D eigenvalue weighted by Crippen LogP contribution is -2.30. The van der Waals surface area contributed by atoms with E-state index in [1.54, 1.807) is 0 Å². The van der Waals surface area contributed by atoms with Gasteiger partial charge in [0.05, 0.1) is 0 Å². The quantitative estimate of drug-likeness (QED) is 0.0261. The molecule has 0 fully saturated rings. The second-order valence-electron chi connectivity index (χ2n) is 19.5. The maximum atomic E-state index is 12.8. The van der Waals surface area contributed by atoms with Crippen molar-refractivity contribution in [1.82, 2.24) is 0 Å². The topological polar surface area (TPSA) is 78.9 Å². The third-order valence-corrected chi connectivity index (χ3v) is 12.5. The summed E-state index contributed by atoms with van der Waals surface area (Å²) < 4.78 is 16.8. The average Bonchev–Trinajstić information content (AvgIpc) is 3.38. The smallest absolute Gasteiger partial charge is 0.306 e. The molecule has 0 radical (unpaired) electrons. The fourth-order valence-corrected chi connectivity index (χ4v) is 8.13. The van der Waals surface area contributed by atoms with E-state index >= 15 is 0 Å². The molecular formula is C66H110O6. The van der Waals surface area contributed by atoms with E-state index in [4.69, 9.17) is 14.2 Å². The van der Waals surface area contributed by atoms with Crippen molar-refractivity contribution in [3.05, 3.63) is 109 Å². The fourth-order valence-electron chi connectivity index (χ4n) is 8.13. The molecule has 0 aliphatic carbocycles. The Morgan fingerprint density at radius 2 is 0.569 bits per heavy atom. The molecule has 0 aromatic carbocycles. The Bertz CT molecular complexity index is 1470. The van der Waals surface area contributed by atoms with Crippen molar-refractivity contribution < 1.29 is 28.6 Å². The first-order chi connectivity index (χ1) is 35.5. The Morgan fingerprint density at radius 3 is 0.931 bits per heavy atom. The lowest BCUT2D eigenvalue weighted by molar-refractivity contribution is -0.166. The van der Waals surface area contributed by atoms with Crippen molar-refractivity contribution in [1.29, 1.82) is 0 Å². The molecule has 0 spiro atoms. The summed E-state index contributed by atoms with van der Waals surface area (Å²) in [4.78, 5) is 38.1. The molecule has 0 aromatic heterocycles. The summed E-state index contributed by atoms with van der Waals surface area (Å²) in [6.45, 7) is 6.35. The molecule has 0 heterocycles. The van der Waals surface area contributed by atoms with E-state index in [-0.39, 0.29) is 37.5 Å². The minimum atomic E-state index is -0.807. The van der Waals surface area contributed by atoms with Crippen LogP contribution in [-0.4, -0.2) is 37.2 Å². The number of allylic oxidation sites excluding steroid dienone is 18. The van der Waals surface area contributed by atoms with Gasteiger partial charge in [0.1, 0.15) is 13.2 Å². The van der Waals surface area contributed by atoms with Gasteiger partial charge in [0.2, 0.25) is 0 Å². The normalized spacial score (nSPS) is 12.9. The van der Waals surface area contributed by atoms with Gasteiger partial charge in [-0.15, -0.1) is 0 Å². The fraction of sp³-hybridized carbons (Fsp3) is 0.682. The number of carbonyl (C=O) groups excluding carboxylic acids is 3. The summed E-state index contributed by atoms with van der Waals surface area (Å²) in [6, 6.07) is 0. The van der Waals surface area contributed by atoms with Crippen molar-refractivity contribution in [2.45, 2.75) is 277 Å². The largest absolute Gasteiger partial charge is 0.462 e. The SMILES string of the molecule is CC/C=C\C/C=C\C/C=C\C/C=C\C/C=C\CCCCCCCCCCCCCC(=O)OCC(COC(=O)CC/C=C\C/C=C\C/C=C\C/C=C\CC)OC(=O)CCCCCCCCCCCCCCCC. The lowest BCUT2D eigenvalue weighted by atomic mass is 10.0. The van der Waals surface area contributed by atoms with Gasteiger partial charge in [-0.1, -0.05) is 271 Å². The highest BCUT2D eigenvalue weighted by atomic mass is 16.6. The van der Waals surface area contributed by atoms with Crippen molar-refractivity contribution in [2.24, 2.45) is 0 Å². The molecule has 6 heteroatoms. The molecule has 0 aliphatic heterocycles. The zero-order chi connectivity index (χ0) is 52.2. The molecule has 6 nitrogen and oxygen atoms in total. The molecule has 0 bridgehead atoms. The summed E-state index contributed by atoms with van der Waals surface area (Å²) >= 11 is 0. The van der Waals surface area contributed by atoms with E-state index in [0.717, 1.165) is 96.3 Å². The molecule has 0 aliphatic rings. The van der Waals surface area contributed by atoms with Gasteiger partial charge in [-0.2, -0.15) is 0 Å². The summed E-state index contributed by atoms with van der Waals surface area (Å²) in [5, 5.41) is 0. The zero-order valence-electron chi connectivity index (χ0n) is 46.9. The van der Waals surface area contributed by atoms with E-state index in [2.05, 4.69) is 124 Å². The molecule has 0 N–H and O–H groups in total. The first kappa shape index (κ1) is 68.1. The number of unbranched alkanes of at least 4 members (excludes halogenated alkanes) is 24. The highest BCUT2D eigenvalue weighted by Crippen LogP contribution is 2.16. The van der Waals surface area contributed by atoms with Crippen LogP contribution in [-0.2, 0) is 28.6 Å². The lowest BCUT2D eigenvalue weighted by Gasteiger charge is -2.18. The molecule has 0 amide bonds. The predicted octanol–water partition coefficient (Wildman–Crippen LogP) is 20.3. The van der Waals surface area contributed by atoms with E-state index in [1.165, 1.54) is 128 Å². The second-order valence-corrected chi connectivity index (χ2v) is 19.5. The van der Waals surface area contributed by atoms with Gasteiger partial charge in [0, 0.05) is 19.3 Å². The van der Waals surface area contributed by atoms with Crippen LogP contribution in [0.1, 0.15) is 271 Å². The van der Waals surface area contributed by atoms with Crippen molar-refractivity contribution in [3.8, 4) is 0 Å². The van der Waals surface area contributed by atoms with Crippen molar-refractivity contribution in [2.75, 3.05) is 13.2 Å². The molecule has 0 rings (SSSR count). The molecule has 72 heavy (non-hydrogen) atoms. The molecular weight excluding hydrogens is 889 g/mol. The van der Waals surface area contributed by atoms with Crippen molar-refractivity contribution >= 4 is 17.9 Å². The van der Waals surface area contributed by atoms with Gasteiger partial charge in [0.15, 0.2) is 6.10 Å². The molecule has 1 atom stereocenters. The Balaban J connectivity index is 4.31. The second kappa shape index (κ2) is 59.6. The van der Waals surface area contributed by atoms with Crippen LogP contribution in [0.5, 0.6) is 0 Å².